The summed E-state index contributed by atoms with van der Waals surface area (Å²) in [7, 11) is -3.66. The number of carbonyl (C=O) groups excluding carboxylic acids is 1. The van der Waals surface area contributed by atoms with Gasteiger partial charge in [-0.15, -0.1) is 0 Å². The van der Waals surface area contributed by atoms with Gasteiger partial charge in [-0.25, -0.2) is 8.42 Å². The van der Waals surface area contributed by atoms with Crippen molar-refractivity contribution in [1.29, 1.82) is 0 Å². The lowest BCUT2D eigenvalue weighted by molar-refractivity contribution is -0.109. The van der Waals surface area contributed by atoms with Crippen LogP contribution in [0.5, 0.6) is 0 Å². The number of halogens is 1. The zero-order valence-corrected chi connectivity index (χ0v) is 9.97. The molecule has 0 heterocycles. The molecule has 0 bridgehead atoms. The highest BCUT2D eigenvalue weighted by atomic mass is 35.5. The molecule has 0 radical (unpaired) electrons. The number of aldehydes is 1. The minimum Gasteiger partial charge on any atom is -0.302 e. The Morgan fingerprint density at radius 1 is 1.33 bits per heavy atom. The number of hydrogen-bond donors (Lipinski definition) is 0. The van der Waals surface area contributed by atoms with Crippen LogP contribution in [0.3, 0.4) is 0 Å². The Hall–Kier alpha value is -0.870. The van der Waals surface area contributed by atoms with Crippen LogP contribution in [-0.2, 0) is 14.6 Å². The first-order valence-electron chi connectivity index (χ1n) is 4.28. The van der Waals surface area contributed by atoms with Crippen molar-refractivity contribution in [1.82, 2.24) is 0 Å². The van der Waals surface area contributed by atoms with E-state index in [1.807, 2.05) is 0 Å². The van der Waals surface area contributed by atoms with E-state index in [1.165, 1.54) is 32.0 Å². The zero-order valence-electron chi connectivity index (χ0n) is 8.40. The average molecular weight is 247 g/mol. The Morgan fingerprint density at radius 2 is 1.93 bits per heavy atom. The summed E-state index contributed by atoms with van der Waals surface area (Å²) in [5.41, 5.74) is 0. The van der Waals surface area contributed by atoms with E-state index in [4.69, 9.17) is 11.6 Å². The molecular formula is C10H11ClO3S. The van der Waals surface area contributed by atoms with Gasteiger partial charge in [0, 0.05) is 5.02 Å². The van der Waals surface area contributed by atoms with Gasteiger partial charge in [0.25, 0.3) is 0 Å². The molecule has 0 saturated heterocycles. The highest BCUT2D eigenvalue weighted by Crippen LogP contribution is 2.25. The largest absolute Gasteiger partial charge is 0.302 e. The molecule has 0 aromatic heterocycles. The number of carbonyl (C=O) groups is 1. The lowest BCUT2D eigenvalue weighted by Gasteiger charge is -2.17. The van der Waals surface area contributed by atoms with Gasteiger partial charge in [0.1, 0.15) is 11.0 Å². The molecule has 3 nitrogen and oxygen atoms in total. The molecule has 1 aromatic rings. The molecule has 5 heteroatoms. The van der Waals surface area contributed by atoms with E-state index >= 15 is 0 Å². The monoisotopic (exact) mass is 246 g/mol. The summed E-state index contributed by atoms with van der Waals surface area (Å²) >= 11 is 5.69. The van der Waals surface area contributed by atoms with Crippen molar-refractivity contribution < 1.29 is 13.2 Å². The number of sulfone groups is 1. The van der Waals surface area contributed by atoms with E-state index in [9.17, 15) is 13.2 Å². The highest BCUT2D eigenvalue weighted by molar-refractivity contribution is 7.93. The zero-order chi connectivity index (χ0) is 11.7. The Balaban J connectivity index is 3.36. The van der Waals surface area contributed by atoms with Crippen LogP contribution in [0.1, 0.15) is 13.8 Å². The van der Waals surface area contributed by atoms with Crippen LogP contribution in [0.4, 0.5) is 0 Å². The fourth-order valence-corrected chi connectivity index (χ4v) is 2.53. The Morgan fingerprint density at radius 3 is 2.40 bits per heavy atom. The molecule has 0 aliphatic rings. The van der Waals surface area contributed by atoms with E-state index in [2.05, 4.69) is 0 Å². The van der Waals surface area contributed by atoms with Gasteiger partial charge in [0.15, 0.2) is 9.84 Å². The molecule has 15 heavy (non-hydrogen) atoms. The maximum absolute atomic E-state index is 11.9. The van der Waals surface area contributed by atoms with Gasteiger partial charge in [0.2, 0.25) is 0 Å². The highest BCUT2D eigenvalue weighted by Gasteiger charge is 2.35. The van der Waals surface area contributed by atoms with Crippen molar-refractivity contribution in [2.75, 3.05) is 0 Å². The molecule has 0 saturated carbocycles. The molecule has 82 valence electrons. The summed E-state index contributed by atoms with van der Waals surface area (Å²) in [6, 6.07) is 5.87. The second-order valence-corrected chi connectivity index (χ2v) is 6.65. The maximum atomic E-state index is 11.9. The molecule has 0 fully saturated rings. The molecule has 0 aliphatic heterocycles. The molecule has 0 unspecified atom stereocenters. The third-order valence-corrected chi connectivity index (χ3v) is 4.67. The number of rotatable bonds is 3. The molecule has 0 atom stereocenters. The first-order valence-corrected chi connectivity index (χ1v) is 6.14. The second-order valence-electron chi connectivity index (χ2n) is 3.68. The lowest BCUT2D eigenvalue weighted by atomic mass is 10.2. The van der Waals surface area contributed by atoms with Crippen LogP contribution in [0.25, 0.3) is 0 Å². The Bertz CT molecular complexity index is 477. The topological polar surface area (TPSA) is 51.2 Å². The minimum absolute atomic E-state index is 0.0621. The summed E-state index contributed by atoms with van der Waals surface area (Å²) < 4.78 is 22.5. The third-order valence-electron chi connectivity index (χ3n) is 2.08. The summed E-state index contributed by atoms with van der Waals surface area (Å²) in [6.07, 6.45) is 0.420. The van der Waals surface area contributed by atoms with Gasteiger partial charge in [-0.2, -0.15) is 0 Å². The Kier molecular flexibility index (Phi) is 3.21. The van der Waals surface area contributed by atoms with E-state index in [1.54, 1.807) is 6.07 Å². The number of benzene rings is 1. The number of hydrogen-bond acceptors (Lipinski definition) is 3. The molecule has 0 spiro atoms. The second kappa shape index (κ2) is 3.94. The predicted molar refractivity (Wildman–Crippen MR) is 58.8 cm³/mol. The fraction of sp³-hybridized carbons (Fsp3) is 0.300. The Labute approximate surface area is 94.0 Å². The van der Waals surface area contributed by atoms with Crippen LogP contribution in [-0.4, -0.2) is 19.5 Å². The summed E-state index contributed by atoms with van der Waals surface area (Å²) in [6.45, 7) is 2.71. The average Bonchev–Trinajstić information content (AvgIpc) is 2.17. The van der Waals surface area contributed by atoms with E-state index in [-0.39, 0.29) is 4.90 Å². The van der Waals surface area contributed by atoms with Crippen LogP contribution in [0.15, 0.2) is 29.2 Å². The van der Waals surface area contributed by atoms with E-state index in [0.717, 1.165) is 0 Å². The van der Waals surface area contributed by atoms with Gasteiger partial charge in [0.05, 0.1) is 4.90 Å². The van der Waals surface area contributed by atoms with Gasteiger partial charge in [-0.05, 0) is 32.0 Å². The summed E-state index contributed by atoms with van der Waals surface area (Å²) in [5, 5.41) is 0.331. The molecule has 1 rings (SSSR count). The van der Waals surface area contributed by atoms with Gasteiger partial charge in [-0.1, -0.05) is 17.7 Å². The van der Waals surface area contributed by atoms with Crippen LogP contribution < -0.4 is 0 Å². The minimum atomic E-state index is -3.66. The summed E-state index contributed by atoms with van der Waals surface area (Å²) in [4.78, 5) is 10.8. The predicted octanol–water partition coefficient (Wildman–Crippen LogP) is 2.09. The van der Waals surface area contributed by atoms with Crippen molar-refractivity contribution >= 4 is 27.7 Å². The van der Waals surface area contributed by atoms with Crippen molar-refractivity contribution in [3.8, 4) is 0 Å². The summed E-state index contributed by atoms with van der Waals surface area (Å²) in [5.74, 6) is 0. The van der Waals surface area contributed by atoms with Crippen molar-refractivity contribution in [3.05, 3.63) is 29.3 Å². The third kappa shape index (κ3) is 2.21. The lowest BCUT2D eigenvalue weighted by Crippen LogP contribution is -2.33. The smallest absolute Gasteiger partial charge is 0.190 e. The molecule has 1 aromatic carbocycles. The van der Waals surface area contributed by atoms with Crippen molar-refractivity contribution in [3.63, 3.8) is 0 Å². The van der Waals surface area contributed by atoms with Gasteiger partial charge in [-0.3, -0.25) is 0 Å². The van der Waals surface area contributed by atoms with E-state index < -0.39 is 14.6 Å². The van der Waals surface area contributed by atoms with Crippen molar-refractivity contribution in [2.45, 2.75) is 23.5 Å². The molecule has 0 N–H and O–H groups in total. The first kappa shape index (κ1) is 12.2. The van der Waals surface area contributed by atoms with Crippen LogP contribution in [0, 0.1) is 0 Å². The normalized spacial score (nSPS) is 12.5. The maximum Gasteiger partial charge on any atom is 0.190 e. The fourth-order valence-electron chi connectivity index (χ4n) is 1.00. The quantitative estimate of drug-likeness (QED) is 0.768. The first-order chi connectivity index (χ1) is 6.81. The SMILES string of the molecule is CC(C)(C=O)S(=O)(=O)c1cccc(Cl)c1. The van der Waals surface area contributed by atoms with Gasteiger partial charge < -0.3 is 4.79 Å². The van der Waals surface area contributed by atoms with Crippen LogP contribution >= 0.6 is 11.6 Å². The van der Waals surface area contributed by atoms with Gasteiger partial charge >= 0.3 is 0 Å². The standard InChI is InChI=1S/C10H11ClO3S/c1-10(2,7-12)15(13,14)9-5-3-4-8(11)6-9/h3-7H,1-2H3. The van der Waals surface area contributed by atoms with Crippen molar-refractivity contribution in [2.24, 2.45) is 0 Å². The van der Waals surface area contributed by atoms with E-state index in [0.29, 0.717) is 11.3 Å². The molecule has 0 amide bonds. The van der Waals surface area contributed by atoms with Crippen LogP contribution in [0.2, 0.25) is 5.02 Å². The molecule has 0 aliphatic carbocycles. The molecular weight excluding hydrogens is 236 g/mol.